The van der Waals surface area contributed by atoms with Crippen LogP contribution >= 0.6 is 27.7 Å². The third-order valence-electron chi connectivity index (χ3n) is 1.41. The monoisotopic (exact) mass is 259 g/mol. The van der Waals surface area contributed by atoms with Crippen molar-refractivity contribution < 1.29 is 4.79 Å². The molecular weight excluding hydrogens is 250 g/mol. The molecule has 0 saturated carbocycles. The fourth-order valence-electron chi connectivity index (χ4n) is 0.915. The first-order chi connectivity index (χ1) is 6.22. The summed E-state index contributed by atoms with van der Waals surface area (Å²) in [6, 6.07) is 7.76. The Bertz CT molecular complexity index is 286. The standard InChI is InChI=1S/C9H10BrNOS/c1-2-13-8-5-3-7(4-6-8)11-9(10)12/h3-6H,2H2,1H3,(H,11,12). The minimum atomic E-state index is -0.219. The lowest BCUT2D eigenvalue weighted by molar-refractivity contribution is 0.270. The number of anilines is 1. The van der Waals surface area contributed by atoms with E-state index in [4.69, 9.17) is 0 Å². The van der Waals surface area contributed by atoms with Crippen molar-refractivity contribution in [3.05, 3.63) is 24.3 Å². The van der Waals surface area contributed by atoms with E-state index in [0.717, 1.165) is 11.4 Å². The summed E-state index contributed by atoms with van der Waals surface area (Å²) in [6.07, 6.45) is 0. The largest absolute Gasteiger partial charge is 0.317 e. The first-order valence-electron chi connectivity index (χ1n) is 3.91. The number of benzene rings is 1. The van der Waals surface area contributed by atoms with Crippen LogP contribution in [0.3, 0.4) is 0 Å². The third-order valence-corrected chi connectivity index (χ3v) is 2.50. The van der Waals surface area contributed by atoms with Gasteiger partial charge in [0.25, 0.3) is 4.82 Å². The molecule has 0 unspecified atom stereocenters. The molecule has 0 aliphatic heterocycles. The molecule has 0 radical (unpaired) electrons. The van der Waals surface area contributed by atoms with Gasteiger partial charge in [0.2, 0.25) is 0 Å². The molecule has 1 aromatic rings. The normalized spacial score (nSPS) is 9.69. The Morgan fingerprint density at radius 1 is 1.46 bits per heavy atom. The van der Waals surface area contributed by atoms with E-state index < -0.39 is 0 Å². The summed E-state index contributed by atoms with van der Waals surface area (Å²) in [6.45, 7) is 2.11. The summed E-state index contributed by atoms with van der Waals surface area (Å²) in [5, 5.41) is 2.64. The molecule has 0 fully saturated rings. The number of rotatable bonds is 3. The maximum Gasteiger partial charge on any atom is 0.291 e. The zero-order valence-electron chi connectivity index (χ0n) is 7.21. The third kappa shape index (κ3) is 3.83. The van der Waals surface area contributed by atoms with Crippen molar-refractivity contribution in [2.24, 2.45) is 0 Å². The zero-order valence-corrected chi connectivity index (χ0v) is 9.61. The van der Waals surface area contributed by atoms with Crippen molar-refractivity contribution in [2.45, 2.75) is 11.8 Å². The lowest BCUT2D eigenvalue weighted by Gasteiger charge is -2.02. The van der Waals surface area contributed by atoms with Crippen LogP contribution in [0, 0.1) is 0 Å². The number of amides is 1. The van der Waals surface area contributed by atoms with Crippen molar-refractivity contribution in [2.75, 3.05) is 11.1 Å². The van der Waals surface area contributed by atoms with Crippen LogP contribution in [0.4, 0.5) is 10.5 Å². The van der Waals surface area contributed by atoms with Gasteiger partial charge in [-0.15, -0.1) is 11.8 Å². The fraction of sp³-hybridized carbons (Fsp3) is 0.222. The Kier molecular flexibility index (Phi) is 4.32. The quantitative estimate of drug-likeness (QED) is 0.509. The summed E-state index contributed by atoms with van der Waals surface area (Å²) in [7, 11) is 0. The topological polar surface area (TPSA) is 29.1 Å². The summed E-state index contributed by atoms with van der Waals surface area (Å²) in [5.41, 5.74) is 0.808. The van der Waals surface area contributed by atoms with Crippen LogP contribution in [0.5, 0.6) is 0 Å². The number of hydrogen-bond acceptors (Lipinski definition) is 2. The lowest BCUT2D eigenvalue weighted by Crippen LogP contribution is -1.99. The molecule has 0 bridgehead atoms. The molecule has 0 aromatic heterocycles. The summed E-state index contributed by atoms with van der Waals surface area (Å²) < 4.78 is 0. The molecule has 0 saturated heterocycles. The van der Waals surface area contributed by atoms with Crippen LogP contribution < -0.4 is 5.32 Å². The Morgan fingerprint density at radius 3 is 2.54 bits per heavy atom. The highest BCUT2D eigenvalue weighted by molar-refractivity contribution is 9.18. The first-order valence-corrected chi connectivity index (χ1v) is 5.69. The molecule has 4 heteroatoms. The second-order valence-electron chi connectivity index (χ2n) is 2.36. The molecule has 0 aliphatic rings. The van der Waals surface area contributed by atoms with Gasteiger partial charge in [-0.3, -0.25) is 4.79 Å². The Morgan fingerprint density at radius 2 is 2.08 bits per heavy atom. The lowest BCUT2D eigenvalue weighted by atomic mass is 10.3. The predicted molar refractivity (Wildman–Crippen MR) is 60.8 cm³/mol. The van der Waals surface area contributed by atoms with E-state index in [9.17, 15) is 4.79 Å². The van der Waals surface area contributed by atoms with Crippen LogP contribution in [-0.4, -0.2) is 10.6 Å². The van der Waals surface area contributed by atoms with Crippen LogP contribution in [0.1, 0.15) is 6.92 Å². The molecule has 2 nitrogen and oxygen atoms in total. The maximum absolute atomic E-state index is 10.6. The van der Waals surface area contributed by atoms with E-state index in [1.54, 1.807) is 11.8 Å². The average molecular weight is 260 g/mol. The minimum Gasteiger partial charge on any atom is -0.317 e. The number of hydrogen-bond donors (Lipinski definition) is 1. The number of nitrogens with one attached hydrogen (secondary N) is 1. The van der Waals surface area contributed by atoms with E-state index in [1.165, 1.54) is 4.90 Å². The maximum atomic E-state index is 10.6. The van der Waals surface area contributed by atoms with Crippen LogP contribution in [0.15, 0.2) is 29.2 Å². The number of thioether (sulfide) groups is 1. The van der Waals surface area contributed by atoms with Gasteiger partial charge in [-0.1, -0.05) is 6.92 Å². The van der Waals surface area contributed by atoms with Crippen LogP contribution in [-0.2, 0) is 0 Å². The zero-order chi connectivity index (χ0) is 9.68. The van der Waals surface area contributed by atoms with Gasteiger partial charge in [0, 0.05) is 26.5 Å². The number of carbonyl (C=O) groups is 1. The van der Waals surface area contributed by atoms with E-state index >= 15 is 0 Å². The molecule has 0 atom stereocenters. The van der Waals surface area contributed by atoms with Gasteiger partial charge >= 0.3 is 0 Å². The van der Waals surface area contributed by atoms with Gasteiger partial charge in [-0.25, -0.2) is 0 Å². The minimum absolute atomic E-state index is 0.219. The van der Waals surface area contributed by atoms with E-state index in [-0.39, 0.29) is 4.82 Å². The van der Waals surface area contributed by atoms with Crippen LogP contribution in [0.25, 0.3) is 0 Å². The Balaban J connectivity index is 2.64. The molecule has 1 amide bonds. The molecule has 0 spiro atoms. The number of halogens is 1. The van der Waals surface area contributed by atoms with E-state index in [1.807, 2.05) is 24.3 Å². The summed E-state index contributed by atoms with van der Waals surface area (Å²) >= 11 is 4.58. The highest BCUT2D eigenvalue weighted by Crippen LogP contribution is 2.19. The van der Waals surface area contributed by atoms with Gasteiger partial charge in [0.15, 0.2) is 0 Å². The second kappa shape index (κ2) is 5.29. The molecule has 0 heterocycles. The van der Waals surface area contributed by atoms with Gasteiger partial charge in [-0.2, -0.15) is 0 Å². The summed E-state index contributed by atoms with van der Waals surface area (Å²) in [4.78, 5) is 11.6. The highest BCUT2D eigenvalue weighted by Gasteiger charge is 1.96. The molecule has 1 rings (SSSR count). The molecular formula is C9H10BrNOS. The van der Waals surface area contributed by atoms with Crippen molar-refractivity contribution in [3.63, 3.8) is 0 Å². The molecule has 13 heavy (non-hydrogen) atoms. The molecule has 1 N–H and O–H groups in total. The van der Waals surface area contributed by atoms with Crippen molar-refractivity contribution >= 4 is 38.2 Å². The SMILES string of the molecule is CCSc1ccc(NC(=O)Br)cc1. The fourth-order valence-corrected chi connectivity index (χ4v) is 1.81. The van der Waals surface area contributed by atoms with Crippen molar-refractivity contribution in [1.82, 2.24) is 0 Å². The Hall–Kier alpha value is -0.480. The van der Waals surface area contributed by atoms with Gasteiger partial charge in [0.1, 0.15) is 0 Å². The Labute approximate surface area is 90.2 Å². The van der Waals surface area contributed by atoms with E-state index in [2.05, 4.69) is 28.2 Å². The van der Waals surface area contributed by atoms with E-state index in [0.29, 0.717) is 0 Å². The van der Waals surface area contributed by atoms with Crippen molar-refractivity contribution in [3.8, 4) is 0 Å². The predicted octanol–water partition coefficient (Wildman–Crippen LogP) is 3.73. The smallest absolute Gasteiger partial charge is 0.291 e. The van der Waals surface area contributed by atoms with Gasteiger partial charge in [0.05, 0.1) is 0 Å². The number of carbonyl (C=O) groups excluding carboxylic acids is 1. The first kappa shape index (κ1) is 10.6. The summed E-state index contributed by atoms with van der Waals surface area (Å²) in [5.74, 6) is 1.06. The molecule has 0 aliphatic carbocycles. The molecule has 70 valence electrons. The molecule has 1 aromatic carbocycles. The average Bonchev–Trinajstić information content (AvgIpc) is 2.08. The highest BCUT2D eigenvalue weighted by atomic mass is 79.9. The van der Waals surface area contributed by atoms with Gasteiger partial charge in [-0.05, 0) is 30.0 Å². The van der Waals surface area contributed by atoms with Crippen molar-refractivity contribution in [1.29, 1.82) is 0 Å². The van der Waals surface area contributed by atoms with Crippen LogP contribution in [0.2, 0.25) is 0 Å². The van der Waals surface area contributed by atoms with Gasteiger partial charge < -0.3 is 5.32 Å². The second-order valence-corrected chi connectivity index (χ2v) is 4.41.